The zero-order valence-electron chi connectivity index (χ0n) is 18.3. The summed E-state index contributed by atoms with van der Waals surface area (Å²) in [5.41, 5.74) is 4.01. The van der Waals surface area contributed by atoms with Crippen molar-refractivity contribution in [2.45, 2.75) is 64.5 Å². The fourth-order valence-electron chi connectivity index (χ4n) is 4.60. The summed E-state index contributed by atoms with van der Waals surface area (Å²) in [4.78, 5) is 27.2. The molecule has 1 fully saturated rings. The van der Waals surface area contributed by atoms with E-state index in [-0.39, 0.29) is 12.0 Å². The first-order chi connectivity index (χ1) is 13.7. The highest BCUT2D eigenvalue weighted by molar-refractivity contribution is 6.24. The Morgan fingerprint density at radius 3 is 2.45 bits per heavy atom. The maximum atomic E-state index is 13.3. The number of benzene rings is 1. The third-order valence-electron chi connectivity index (χ3n) is 6.11. The monoisotopic (exact) mass is 400 g/mol. The van der Waals surface area contributed by atoms with Gasteiger partial charge in [0.2, 0.25) is 0 Å². The highest BCUT2D eigenvalue weighted by Crippen LogP contribution is 2.45. The molecule has 0 bridgehead atoms. The average molecular weight is 401 g/mol. The second-order valence-electron chi connectivity index (χ2n) is 8.41. The molecule has 1 N–H and O–H groups in total. The van der Waals surface area contributed by atoms with Gasteiger partial charge in [-0.3, -0.25) is 4.79 Å². The molecule has 0 radical (unpaired) electrons. The van der Waals surface area contributed by atoms with Crippen LogP contribution in [0.1, 0.15) is 54.9 Å². The first-order valence-electron chi connectivity index (χ1n) is 10.3. The van der Waals surface area contributed by atoms with Crippen molar-refractivity contribution in [1.29, 1.82) is 0 Å². The quantitative estimate of drug-likeness (QED) is 0.836. The SMILES string of the molecule is CCc1cc(C)cc(C)c1C1=C(OC(=O)N(C)C)C2(CCC(OC)CC2)NC1=O. The topological polar surface area (TPSA) is 67.9 Å². The van der Waals surface area contributed by atoms with Crippen molar-refractivity contribution in [3.05, 3.63) is 40.1 Å². The Bertz CT molecular complexity index is 849. The number of hydrogen-bond donors (Lipinski definition) is 1. The van der Waals surface area contributed by atoms with E-state index in [0.717, 1.165) is 41.5 Å². The number of methoxy groups -OCH3 is 1. The molecule has 0 unspecified atom stereocenters. The van der Waals surface area contributed by atoms with Gasteiger partial charge in [0.25, 0.3) is 5.91 Å². The molecule has 1 aliphatic carbocycles. The summed E-state index contributed by atoms with van der Waals surface area (Å²) < 4.78 is 11.4. The van der Waals surface area contributed by atoms with E-state index in [1.54, 1.807) is 21.2 Å². The molecule has 2 aliphatic rings. The number of carbonyl (C=O) groups excluding carboxylic acids is 2. The zero-order chi connectivity index (χ0) is 21.3. The number of ether oxygens (including phenoxy) is 2. The van der Waals surface area contributed by atoms with E-state index in [4.69, 9.17) is 9.47 Å². The Morgan fingerprint density at radius 2 is 1.90 bits per heavy atom. The van der Waals surface area contributed by atoms with Crippen LogP contribution < -0.4 is 5.32 Å². The van der Waals surface area contributed by atoms with Crippen LogP contribution >= 0.6 is 0 Å². The smallest absolute Gasteiger partial charge is 0.411 e. The lowest BCUT2D eigenvalue weighted by Gasteiger charge is -2.38. The number of amides is 2. The summed E-state index contributed by atoms with van der Waals surface area (Å²) in [6.07, 6.45) is 3.47. The average Bonchev–Trinajstić information content (AvgIpc) is 2.92. The van der Waals surface area contributed by atoms with E-state index in [0.29, 0.717) is 24.2 Å². The number of nitrogens with zero attached hydrogens (tertiary/aromatic N) is 1. The fraction of sp³-hybridized carbons (Fsp3) is 0.565. The van der Waals surface area contributed by atoms with Crippen molar-refractivity contribution >= 4 is 17.6 Å². The molecule has 1 aromatic rings. The van der Waals surface area contributed by atoms with Crippen LogP contribution in [0.2, 0.25) is 0 Å². The standard InChI is InChI=1S/C23H32N2O4/c1-7-16-13-14(2)12-15(3)18(16)19-20(29-22(27)25(4)5)23(24-21(19)26)10-8-17(28-6)9-11-23/h12-13,17H,7-11H2,1-6H3,(H,24,26). The maximum Gasteiger partial charge on any atom is 0.414 e. The number of aryl methyl sites for hydroxylation is 3. The lowest BCUT2D eigenvalue weighted by atomic mass is 9.78. The molecule has 158 valence electrons. The van der Waals surface area contributed by atoms with Crippen molar-refractivity contribution in [2.75, 3.05) is 21.2 Å². The third-order valence-corrected chi connectivity index (χ3v) is 6.11. The summed E-state index contributed by atoms with van der Waals surface area (Å²) in [5, 5.41) is 3.19. The molecule has 3 rings (SSSR count). The second kappa shape index (κ2) is 8.19. The Hall–Kier alpha value is -2.34. The predicted molar refractivity (Wildman–Crippen MR) is 113 cm³/mol. The van der Waals surface area contributed by atoms with Crippen LogP contribution in [-0.2, 0) is 20.7 Å². The van der Waals surface area contributed by atoms with E-state index >= 15 is 0 Å². The van der Waals surface area contributed by atoms with Gasteiger partial charge < -0.3 is 19.7 Å². The minimum atomic E-state index is -0.657. The van der Waals surface area contributed by atoms with Gasteiger partial charge in [0, 0.05) is 21.2 Å². The number of hydrogen-bond acceptors (Lipinski definition) is 4. The molecule has 1 aliphatic heterocycles. The number of nitrogens with one attached hydrogen (secondary N) is 1. The lowest BCUT2D eigenvalue weighted by molar-refractivity contribution is -0.116. The van der Waals surface area contributed by atoms with E-state index in [1.807, 2.05) is 6.92 Å². The Balaban J connectivity index is 2.18. The van der Waals surface area contributed by atoms with E-state index < -0.39 is 11.6 Å². The summed E-state index contributed by atoms with van der Waals surface area (Å²) in [6, 6.07) is 4.19. The molecular formula is C23H32N2O4. The molecule has 1 aromatic carbocycles. The van der Waals surface area contributed by atoms with Crippen molar-refractivity contribution in [3.63, 3.8) is 0 Å². The van der Waals surface area contributed by atoms with Crippen LogP contribution in [0.3, 0.4) is 0 Å². The maximum absolute atomic E-state index is 13.3. The fourth-order valence-corrected chi connectivity index (χ4v) is 4.60. The molecular weight excluding hydrogens is 368 g/mol. The Kier molecular flexibility index (Phi) is 6.03. The molecule has 6 nitrogen and oxygen atoms in total. The summed E-state index contributed by atoms with van der Waals surface area (Å²) >= 11 is 0. The van der Waals surface area contributed by atoms with Gasteiger partial charge in [-0.15, -0.1) is 0 Å². The normalized spacial score (nSPS) is 24.1. The summed E-state index contributed by atoms with van der Waals surface area (Å²) in [7, 11) is 5.01. The molecule has 0 atom stereocenters. The van der Waals surface area contributed by atoms with Gasteiger partial charge in [-0.2, -0.15) is 0 Å². The summed E-state index contributed by atoms with van der Waals surface area (Å²) in [5.74, 6) is 0.307. The first kappa shape index (κ1) is 21.4. The molecule has 6 heteroatoms. The van der Waals surface area contributed by atoms with Crippen LogP contribution in [0.5, 0.6) is 0 Å². The second-order valence-corrected chi connectivity index (χ2v) is 8.41. The largest absolute Gasteiger partial charge is 0.414 e. The molecule has 0 aromatic heterocycles. The zero-order valence-corrected chi connectivity index (χ0v) is 18.3. The highest BCUT2D eigenvalue weighted by Gasteiger charge is 2.50. The van der Waals surface area contributed by atoms with Gasteiger partial charge in [0.1, 0.15) is 5.76 Å². The van der Waals surface area contributed by atoms with Gasteiger partial charge in [-0.05, 0) is 62.6 Å². The van der Waals surface area contributed by atoms with Crippen molar-refractivity contribution in [3.8, 4) is 0 Å². The minimum absolute atomic E-state index is 0.163. The van der Waals surface area contributed by atoms with Crippen molar-refractivity contribution in [2.24, 2.45) is 0 Å². The predicted octanol–water partition coefficient (Wildman–Crippen LogP) is 3.73. The molecule has 0 saturated heterocycles. The van der Waals surface area contributed by atoms with Gasteiger partial charge in [-0.1, -0.05) is 24.6 Å². The van der Waals surface area contributed by atoms with E-state index in [2.05, 4.69) is 31.3 Å². The number of rotatable bonds is 4. The van der Waals surface area contributed by atoms with Crippen LogP contribution in [0, 0.1) is 13.8 Å². The van der Waals surface area contributed by atoms with Crippen LogP contribution in [-0.4, -0.2) is 49.7 Å². The van der Waals surface area contributed by atoms with Gasteiger partial charge in [0.05, 0.1) is 17.2 Å². The Labute approximate surface area is 173 Å². The molecule has 1 heterocycles. The van der Waals surface area contributed by atoms with Crippen LogP contribution in [0.25, 0.3) is 5.57 Å². The molecule has 1 saturated carbocycles. The highest BCUT2D eigenvalue weighted by atomic mass is 16.6. The third kappa shape index (κ3) is 3.90. The van der Waals surface area contributed by atoms with Crippen LogP contribution in [0.4, 0.5) is 4.79 Å². The first-order valence-corrected chi connectivity index (χ1v) is 10.3. The van der Waals surface area contributed by atoms with Crippen LogP contribution in [0.15, 0.2) is 17.9 Å². The number of carbonyl (C=O) groups is 2. The molecule has 2 amide bonds. The Morgan fingerprint density at radius 1 is 1.24 bits per heavy atom. The van der Waals surface area contributed by atoms with Gasteiger partial charge >= 0.3 is 6.09 Å². The molecule has 29 heavy (non-hydrogen) atoms. The lowest BCUT2D eigenvalue weighted by Crippen LogP contribution is -2.49. The van der Waals surface area contributed by atoms with Gasteiger partial charge in [0.15, 0.2) is 0 Å². The molecule has 1 spiro atoms. The minimum Gasteiger partial charge on any atom is -0.411 e. The van der Waals surface area contributed by atoms with Gasteiger partial charge in [-0.25, -0.2) is 4.79 Å². The van der Waals surface area contributed by atoms with Crippen molar-refractivity contribution in [1.82, 2.24) is 10.2 Å². The summed E-state index contributed by atoms with van der Waals surface area (Å²) in [6.45, 7) is 6.15. The van der Waals surface area contributed by atoms with Crippen molar-refractivity contribution < 1.29 is 19.1 Å². The van der Waals surface area contributed by atoms with E-state index in [9.17, 15) is 9.59 Å². The van der Waals surface area contributed by atoms with E-state index in [1.165, 1.54) is 4.90 Å².